The van der Waals surface area contributed by atoms with Crippen LogP contribution in [-0.4, -0.2) is 21.3 Å². The van der Waals surface area contributed by atoms with Crippen LogP contribution in [0.25, 0.3) is 11.3 Å². The largest absolute Gasteiger partial charge is 0.481 e. The van der Waals surface area contributed by atoms with E-state index in [1.54, 1.807) is 6.07 Å². The molecular weight excluding hydrogens is 220 g/mol. The summed E-state index contributed by atoms with van der Waals surface area (Å²) in [6.07, 6.45) is 0. The molecule has 88 valence electrons. The number of carboxylic acid groups (broad SMARTS) is 1. The van der Waals surface area contributed by atoms with Crippen LogP contribution in [0.4, 0.5) is 0 Å². The molecule has 0 atom stereocenters. The van der Waals surface area contributed by atoms with Gasteiger partial charge in [-0.3, -0.25) is 9.59 Å². The summed E-state index contributed by atoms with van der Waals surface area (Å²) in [6.45, 7) is 1.08. The summed E-state index contributed by atoms with van der Waals surface area (Å²) in [7, 11) is 0. The van der Waals surface area contributed by atoms with E-state index in [4.69, 9.17) is 9.90 Å². The molecule has 5 heteroatoms. The van der Waals surface area contributed by atoms with Gasteiger partial charge in [0.25, 0.3) is 11.5 Å². The summed E-state index contributed by atoms with van der Waals surface area (Å²) in [5.41, 5.74) is 1.60. The molecule has 0 fully saturated rings. The van der Waals surface area contributed by atoms with E-state index in [1.165, 1.54) is 6.07 Å². The number of carboxylic acids is 1. The van der Waals surface area contributed by atoms with E-state index in [0.717, 1.165) is 18.2 Å². The minimum Gasteiger partial charge on any atom is -0.481 e. The fourth-order valence-electron chi connectivity index (χ4n) is 1.11. The highest BCUT2D eigenvalue weighted by Gasteiger charge is 1.96. The molecule has 2 aromatic rings. The van der Waals surface area contributed by atoms with Gasteiger partial charge in [0.2, 0.25) is 0 Å². The fraction of sp³-hybridized carbons (Fsp3) is 0.0833. The number of rotatable bonds is 1. The van der Waals surface area contributed by atoms with Crippen molar-refractivity contribution in [1.82, 2.24) is 10.2 Å². The molecule has 1 aromatic carbocycles. The van der Waals surface area contributed by atoms with Crippen molar-refractivity contribution < 1.29 is 9.90 Å². The number of hydrogen-bond donors (Lipinski definition) is 2. The maximum atomic E-state index is 10.7. The van der Waals surface area contributed by atoms with E-state index in [9.17, 15) is 4.79 Å². The molecule has 0 saturated carbocycles. The molecule has 0 spiro atoms. The molecule has 1 aromatic heterocycles. The fourth-order valence-corrected chi connectivity index (χ4v) is 1.11. The second kappa shape index (κ2) is 6.22. The summed E-state index contributed by atoms with van der Waals surface area (Å²) in [5, 5.41) is 13.7. The normalized spacial score (nSPS) is 9.00. The van der Waals surface area contributed by atoms with Gasteiger partial charge >= 0.3 is 0 Å². The van der Waals surface area contributed by atoms with Gasteiger partial charge in [0, 0.05) is 18.6 Å². The van der Waals surface area contributed by atoms with Crippen molar-refractivity contribution in [3.05, 3.63) is 52.8 Å². The average Bonchev–Trinajstić information content (AvgIpc) is 2.30. The van der Waals surface area contributed by atoms with Crippen LogP contribution in [0, 0.1) is 0 Å². The smallest absolute Gasteiger partial charge is 0.300 e. The summed E-state index contributed by atoms with van der Waals surface area (Å²) >= 11 is 0. The molecular formula is C12H12N2O3. The number of carbonyl (C=O) groups is 1. The molecule has 2 N–H and O–H groups in total. The van der Waals surface area contributed by atoms with Crippen LogP contribution in [0.1, 0.15) is 6.92 Å². The van der Waals surface area contributed by atoms with Gasteiger partial charge in [0.05, 0.1) is 5.69 Å². The lowest BCUT2D eigenvalue weighted by Crippen LogP contribution is -2.05. The predicted molar refractivity (Wildman–Crippen MR) is 63.6 cm³/mol. The average molecular weight is 232 g/mol. The monoisotopic (exact) mass is 232 g/mol. The van der Waals surface area contributed by atoms with Crippen molar-refractivity contribution in [1.29, 1.82) is 0 Å². The van der Waals surface area contributed by atoms with Crippen LogP contribution < -0.4 is 5.56 Å². The number of hydrogen-bond acceptors (Lipinski definition) is 3. The Hall–Kier alpha value is -2.43. The maximum Gasteiger partial charge on any atom is 0.300 e. The second-order valence-corrected chi connectivity index (χ2v) is 3.19. The summed E-state index contributed by atoms with van der Waals surface area (Å²) in [4.78, 5) is 19.7. The zero-order valence-electron chi connectivity index (χ0n) is 9.25. The molecule has 0 amide bonds. The first-order chi connectivity index (χ1) is 8.09. The Kier molecular flexibility index (Phi) is 4.62. The summed E-state index contributed by atoms with van der Waals surface area (Å²) in [5.74, 6) is -0.833. The van der Waals surface area contributed by atoms with Crippen LogP contribution in [-0.2, 0) is 4.79 Å². The van der Waals surface area contributed by atoms with E-state index in [1.807, 2.05) is 30.3 Å². The summed E-state index contributed by atoms with van der Waals surface area (Å²) in [6, 6.07) is 12.9. The number of nitrogens with zero attached hydrogens (tertiary/aromatic N) is 1. The lowest BCUT2D eigenvalue weighted by molar-refractivity contribution is -0.134. The quantitative estimate of drug-likeness (QED) is 0.781. The number of benzene rings is 1. The molecule has 17 heavy (non-hydrogen) atoms. The Morgan fingerprint density at radius 2 is 1.76 bits per heavy atom. The van der Waals surface area contributed by atoms with Crippen molar-refractivity contribution in [2.24, 2.45) is 0 Å². The third-order valence-corrected chi connectivity index (χ3v) is 1.75. The first kappa shape index (κ1) is 12.6. The van der Waals surface area contributed by atoms with E-state index < -0.39 is 5.97 Å². The van der Waals surface area contributed by atoms with Crippen LogP contribution in [0.2, 0.25) is 0 Å². The molecule has 0 aliphatic rings. The molecule has 0 bridgehead atoms. The van der Waals surface area contributed by atoms with Crippen molar-refractivity contribution in [2.45, 2.75) is 6.92 Å². The Morgan fingerprint density at radius 1 is 1.18 bits per heavy atom. The Bertz CT molecular complexity index is 510. The van der Waals surface area contributed by atoms with E-state index >= 15 is 0 Å². The number of aromatic nitrogens is 2. The topological polar surface area (TPSA) is 83.0 Å². The van der Waals surface area contributed by atoms with Gasteiger partial charge < -0.3 is 5.11 Å². The Labute approximate surface area is 97.7 Å². The van der Waals surface area contributed by atoms with Crippen molar-refractivity contribution in [2.75, 3.05) is 0 Å². The first-order valence-electron chi connectivity index (χ1n) is 4.90. The molecule has 0 aliphatic heterocycles. The van der Waals surface area contributed by atoms with E-state index in [2.05, 4.69) is 10.2 Å². The zero-order chi connectivity index (χ0) is 12.7. The lowest BCUT2D eigenvalue weighted by Gasteiger charge is -1.96. The third kappa shape index (κ3) is 4.74. The van der Waals surface area contributed by atoms with E-state index in [0.29, 0.717) is 0 Å². The maximum absolute atomic E-state index is 10.7. The van der Waals surface area contributed by atoms with Gasteiger partial charge in [-0.2, -0.15) is 5.10 Å². The van der Waals surface area contributed by atoms with Gasteiger partial charge in [-0.1, -0.05) is 30.3 Å². The van der Waals surface area contributed by atoms with Crippen LogP contribution in [0.15, 0.2) is 47.3 Å². The molecule has 0 unspecified atom stereocenters. The molecule has 0 aliphatic carbocycles. The molecule has 1 heterocycles. The van der Waals surface area contributed by atoms with E-state index in [-0.39, 0.29) is 5.56 Å². The SMILES string of the molecule is CC(=O)O.O=c1ccc(-c2ccccc2)n[nH]1. The standard InChI is InChI=1S/C10H8N2O.C2H4O2/c13-10-7-6-9(11-12-10)8-4-2-1-3-5-8;1-2(3)4/h1-7H,(H,12,13);1H3,(H,3,4). The van der Waals surface area contributed by atoms with Gasteiger partial charge in [0.1, 0.15) is 0 Å². The lowest BCUT2D eigenvalue weighted by atomic mass is 10.1. The summed E-state index contributed by atoms with van der Waals surface area (Å²) < 4.78 is 0. The minimum absolute atomic E-state index is 0.181. The molecule has 5 nitrogen and oxygen atoms in total. The van der Waals surface area contributed by atoms with Crippen LogP contribution in [0.3, 0.4) is 0 Å². The first-order valence-corrected chi connectivity index (χ1v) is 4.90. The van der Waals surface area contributed by atoms with Crippen molar-refractivity contribution >= 4 is 5.97 Å². The Morgan fingerprint density at radius 3 is 2.24 bits per heavy atom. The Balaban J connectivity index is 0.000000317. The highest BCUT2D eigenvalue weighted by atomic mass is 16.4. The van der Waals surface area contributed by atoms with Crippen molar-refractivity contribution in [3.63, 3.8) is 0 Å². The number of H-pyrrole nitrogens is 1. The van der Waals surface area contributed by atoms with Gasteiger partial charge in [-0.15, -0.1) is 0 Å². The second-order valence-electron chi connectivity index (χ2n) is 3.19. The van der Waals surface area contributed by atoms with Crippen molar-refractivity contribution in [3.8, 4) is 11.3 Å². The number of nitrogens with one attached hydrogen (secondary N) is 1. The van der Waals surface area contributed by atoms with Crippen LogP contribution >= 0.6 is 0 Å². The molecule has 0 radical (unpaired) electrons. The third-order valence-electron chi connectivity index (χ3n) is 1.75. The number of aliphatic carboxylic acids is 1. The zero-order valence-corrected chi connectivity index (χ0v) is 9.25. The highest BCUT2D eigenvalue weighted by molar-refractivity contribution is 5.63. The van der Waals surface area contributed by atoms with Gasteiger partial charge in [-0.05, 0) is 6.07 Å². The predicted octanol–water partition coefficient (Wildman–Crippen LogP) is 1.53. The molecule has 2 rings (SSSR count). The molecule has 0 saturated heterocycles. The number of aromatic amines is 1. The highest BCUT2D eigenvalue weighted by Crippen LogP contribution is 2.12. The van der Waals surface area contributed by atoms with Gasteiger partial charge in [-0.25, -0.2) is 5.10 Å². The minimum atomic E-state index is -0.833. The van der Waals surface area contributed by atoms with Gasteiger partial charge in [0.15, 0.2) is 0 Å². The van der Waals surface area contributed by atoms with Crippen LogP contribution in [0.5, 0.6) is 0 Å².